The van der Waals surface area contributed by atoms with Crippen LogP contribution in [-0.4, -0.2) is 67.0 Å². The van der Waals surface area contributed by atoms with E-state index >= 15 is 0 Å². The van der Waals surface area contributed by atoms with Crippen LogP contribution in [0.4, 0.5) is 5.69 Å². The van der Waals surface area contributed by atoms with Gasteiger partial charge in [0.25, 0.3) is 11.8 Å². The zero-order valence-corrected chi connectivity index (χ0v) is 24.4. The number of hydrogen-bond acceptors (Lipinski definition) is 7. The minimum Gasteiger partial charge on any atom is -0.480 e. The highest BCUT2D eigenvalue weighted by atomic mass is 32.2. The van der Waals surface area contributed by atoms with Gasteiger partial charge in [-0.05, 0) is 59.4 Å². The second kappa shape index (κ2) is 12.7. The Morgan fingerprint density at radius 3 is 1.98 bits per heavy atom. The molecule has 42 heavy (non-hydrogen) atoms. The SMILES string of the molecule is CC(C)CC(NC(CCN1C(=O)c2cc3ccccc3cc2C1=O)C(=O)O)C(=O)NCc1ccc(NS(C)(=O)=O)cc1. The van der Waals surface area contributed by atoms with Gasteiger partial charge in [0.05, 0.1) is 23.4 Å². The number of carboxylic acids is 1. The predicted octanol–water partition coefficient (Wildman–Crippen LogP) is 2.97. The lowest BCUT2D eigenvalue weighted by Gasteiger charge is -2.25. The standard InChI is InChI=1S/C30H34N4O7S/c1-18(2)14-26(27(35)31-17-19-8-10-22(11-9-19)33-42(3,40)41)32-25(30(38)39)12-13-34-28(36)23-15-20-6-4-5-7-21(20)16-24(23)29(34)37/h4-11,15-16,18,25-26,32-33H,12-14,17H2,1-3H3,(H,31,35)(H,38,39). The summed E-state index contributed by atoms with van der Waals surface area (Å²) < 4.78 is 25.2. The number of benzene rings is 3. The molecular weight excluding hydrogens is 560 g/mol. The Labute approximate surface area is 244 Å². The zero-order valence-electron chi connectivity index (χ0n) is 23.6. The van der Waals surface area contributed by atoms with Crippen molar-refractivity contribution in [3.8, 4) is 0 Å². The van der Waals surface area contributed by atoms with Gasteiger partial charge in [0, 0.05) is 18.8 Å². The predicted molar refractivity (Wildman–Crippen MR) is 158 cm³/mol. The average molecular weight is 595 g/mol. The number of nitrogens with one attached hydrogen (secondary N) is 3. The molecule has 11 nitrogen and oxygen atoms in total. The number of fused-ring (bicyclic) bond motifs is 2. The number of sulfonamides is 1. The second-order valence-corrected chi connectivity index (χ2v) is 12.6. The Morgan fingerprint density at radius 2 is 1.48 bits per heavy atom. The van der Waals surface area contributed by atoms with Crippen LogP contribution < -0.4 is 15.4 Å². The number of imide groups is 1. The third-order valence-electron chi connectivity index (χ3n) is 6.93. The summed E-state index contributed by atoms with van der Waals surface area (Å²) in [7, 11) is -3.41. The molecule has 1 heterocycles. The number of aliphatic carboxylic acids is 1. The fraction of sp³-hybridized carbons (Fsp3) is 0.333. The molecule has 0 aromatic heterocycles. The van der Waals surface area contributed by atoms with Crippen molar-refractivity contribution in [1.29, 1.82) is 0 Å². The van der Waals surface area contributed by atoms with Gasteiger partial charge in [0.2, 0.25) is 15.9 Å². The molecule has 222 valence electrons. The van der Waals surface area contributed by atoms with E-state index in [9.17, 15) is 32.7 Å². The summed E-state index contributed by atoms with van der Waals surface area (Å²) in [5.74, 6) is -2.48. The smallest absolute Gasteiger partial charge is 0.320 e. The molecule has 1 aliphatic rings. The molecule has 0 aliphatic carbocycles. The van der Waals surface area contributed by atoms with Crippen LogP contribution in [0.3, 0.4) is 0 Å². The summed E-state index contributed by atoms with van der Waals surface area (Å²) in [5.41, 5.74) is 1.69. The molecule has 1 aliphatic heterocycles. The number of amides is 3. The van der Waals surface area contributed by atoms with E-state index in [1.54, 1.807) is 36.4 Å². The van der Waals surface area contributed by atoms with E-state index in [0.717, 1.165) is 27.5 Å². The van der Waals surface area contributed by atoms with Gasteiger partial charge in [-0.25, -0.2) is 8.42 Å². The van der Waals surface area contributed by atoms with Crippen LogP contribution in [-0.2, 0) is 26.2 Å². The van der Waals surface area contributed by atoms with Crippen LogP contribution in [0.1, 0.15) is 53.0 Å². The van der Waals surface area contributed by atoms with E-state index < -0.39 is 45.8 Å². The van der Waals surface area contributed by atoms with Crippen molar-refractivity contribution in [3.05, 3.63) is 77.4 Å². The summed E-state index contributed by atoms with van der Waals surface area (Å²) in [6.45, 7) is 3.84. The number of anilines is 1. The molecule has 0 saturated heterocycles. The van der Waals surface area contributed by atoms with Crippen LogP contribution in [0, 0.1) is 5.92 Å². The fourth-order valence-corrected chi connectivity index (χ4v) is 5.46. The Kier molecular flexibility index (Phi) is 9.27. The third kappa shape index (κ3) is 7.51. The third-order valence-corrected chi connectivity index (χ3v) is 7.53. The Morgan fingerprint density at radius 1 is 0.905 bits per heavy atom. The van der Waals surface area contributed by atoms with E-state index in [4.69, 9.17) is 0 Å². The first-order chi connectivity index (χ1) is 19.8. The molecule has 12 heteroatoms. The van der Waals surface area contributed by atoms with Gasteiger partial charge >= 0.3 is 5.97 Å². The summed E-state index contributed by atoms with van der Waals surface area (Å²) in [4.78, 5) is 52.5. The molecule has 0 radical (unpaired) electrons. The zero-order chi connectivity index (χ0) is 30.6. The molecule has 0 fully saturated rings. The summed E-state index contributed by atoms with van der Waals surface area (Å²) >= 11 is 0. The van der Waals surface area contributed by atoms with Crippen LogP contribution in [0.15, 0.2) is 60.7 Å². The van der Waals surface area contributed by atoms with Crippen molar-refractivity contribution in [2.45, 2.75) is 45.3 Å². The Balaban J connectivity index is 1.40. The number of carbonyl (C=O) groups is 4. The Hall–Kier alpha value is -4.29. The van der Waals surface area contributed by atoms with Crippen molar-refractivity contribution in [3.63, 3.8) is 0 Å². The fourth-order valence-electron chi connectivity index (χ4n) is 4.90. The highest BCUT2D eigenvalue weighted by Gasteiger charge is 2.37. The monoisotopic (exact) mass is 594 g/mol. The minimum atomic E-state index is -3.41. The van der Waals surface area contributed by atoms with Crippen LogP contribution in [0.5, 0.6) is 0 Å². The number of rotatable bonds is 13. The molecule has 4 N–H and O–H groups in total. The summed E-state index contributed by atoms with van der Waals surface area (Å²) in [5, 5.41) is 17.3. The lowest BCUT2D eigenvalue weighted by Crippen LogP contribution is -2.52. The molecular formula is C30H34N4O7S. The second-order valence-electron chi connectivity index (χ2n) is 10.8. The summed E-state index contributed by atoms with van der Waals surface area (Å²) in [6.07, 6.45) is 1.32. The first kappa shape index (κ1) is 30.7. The van der Waals surface area contributed by atoms with Gasteiger partial charge in [-0.3, -0.25) is 34.1 Å². The van der Waals surface area contributed by atoms with E-state index in [2.05, 4.69) is 15.4 Å². The highest BCUT2D eigenvalue weighted by Crippen LogP contribution is 2.28. The van der Waals surface area contributed by atoms with Crippen molar-refractivity contribution in [1.82, 2.24) is 15.5 Å². The van der Waals surface area contributed by atoms with E-state index in [-0.39, 0.29) is 36.6 Å². The van der Waals surface area contributed by atoms with Crippen LogP contribution >= 0.6 is 0 Å². The topological polar surface area (TPSA) is 162 Å². The molecule has 4 rings (SSSR count). The van der Waals surface area contributed by atoms with Gasteiger partial charge in [-0.15, -0.1) is 0 Å². The van der Waals surface area contributed by atoms with Gasteiger partial charge in [0.1, 0.15) is 6.04 Å². The minimum absolute atomic E-state index is 0.0643. The normalized spacial score (nSPS) is 14.6. The van der Waals surface area contributed by atoms with Crippen molar-refractivity contribution in [2.24, 2.45) is 5.92 Å². The highest BCUT2D eigenvalue weighted by molar-refractivity contribution is 7.92. The molecule has 3 amide bonds. The molecule has 2 unspecified atom stereocenters. The Bertz CT molecular complexity index is 1570. The molecule has 3 aromatic carbocycles. The van der Waals surface area contributed by atoms with E-state index in [0.29, 0.717) is 12.1 Å². The molecule has 0 bridgehead atoms. The van der Waals surface area contributed by atoms with E-state index in [1.807, 2.05) is 38.1 Å². The largest absolute Gasteiger partial charge is 0.480 e. The first-order valence-corrected chi connectivity index (χ1v) is 15.4. The number of nitrogens with zero attached hydrogens (tertiary/aromatic N) is 1. The lowest BCUT2D eigenvalue weighted by molar-refractivity contribution is -0.140. The molecule has 0 saturated carbocycles. The summed E-state index contributed by atoms with van der Waals surface area (Å²) in [6, 6.07) is 15.2. The maximum Gasteiger partial charge on any atom is 0.320 e. The molecule has 3 aromatic rings. The maximum atomic E-state index is 13.1. The van der Waals surface area contributed by atoms with Gasteiger partial charge in [-0.2, -0.15) is 0 Å². The van der Waals surface area contributed by atoms with Crippen molar-refractivity contribution >= 4 is 50.2 Å². The van der Waals surface area contributed by atoms with Gasteiger partial charge in [-0.1, -0.05) is 50.2 Å². The first-order valence-electron chi connectivity index (χ1n) is 13.5. The quantitative estimate of drug-likeness (QED) is 0.220. The number of carbonyl (C=O) groups excluding carboxylic acids is 3. The van der Waals surface area contributed by atoms with Crippen LogP contribution in [0.2, 0.25) is 0 Å². The van der Waals surface area contributed by atoms with Gasteiger partial charge in [0.15, 0.2) is 0 Å². The lowest BCUT2D eigenvalue weighted by atomic mass is 10.0. The maximum absolute atomic E-state index is 13.1. The molecule has 0 spiro atoms. The van der Waals surface area contributed by atoms with Gasteiger partial charge < -0.3 is 10.4 Å². The van der Waals surface area contributed by atoms with Crippen molar-refractivity contribution in [2.75, 3.05) is 17.5 Å². The van der Waals surface area contributed by atoms with Crippen molar-refractivity contribution < 1.29 is 32.7 Å². The number of hydrogen-bond donors (Lipinski definition) is 4. The van der Waals surface area contributed by atoms with E-state index in [1.165, 1.54) is 0 Å². The number of carboxylic acid groups (broad SMARTS) is 1. The molecule has 2 atom stereocenters. The van der Waals surface area contributed by atoms with Crippen LogP contribution in [0.25, 0.3) is 10.8 Å². The average Bonchev–Trinajstić information content (AvgIpc) is 3.15.